The molecule has 1 aliphatic heterocycles. The number of hydrogen-bond donors (Lipinski definition) is 1. The normalized spacial score (nSPS) is 21.4. The first-order valence-corrected chi connectivity index (χ1v) is 6.75. The molecule has 1 N–H and O–H groups in total. The minimum Gasteiger partial charge on any atom is -0.389 e. The van der Waals surface area contributed by atoms with Gasteiger partial charge in [-0.25, -0.2) is 0 Å². The van der Waals surface area contributed by atoms with Crippen LogP contribution in [0.4, 0.5) is 0 Å². The molecule has 102 valence electrons. The summed E-state index contributed by atoms with van der Waals surface area (Å²) < 4.78 is 5.42. The van der Waals surface area contributed by atoms with Crippen molar-refractivity contribution in [1.29, 1.82) is 0 Å². The summed E-state index contributed by atoms with van der Waals surface area (Å²) in [7, 11) is 0. The van der Waals surface area contributed by atoms with Crippen LogP contribution in [0.25, 0.3) is 0 Å². The van der Waals surface area contributed by atoms with Gasteiger partial charge in [0.2, 0.25) is 0 Å². The molecule has 0 aromatic rings. The molecule has 1 aliphatic rings. The smallest absolute Gasteiger partial charge is 0.0900 e. The number of hydrogen-bond acceptors (Lipinski definition) is 4. The SMILES string of the molecule is CC(C)OCC(O)CN1CCN(C(C)C)CC1. The second kappa shape index (κ2) is 7.31. The quantitative estimate of drug-likeness (QED) is 0.750. The van der Waals surface area contributed by atoms with Crippen molar-refractivity contribution in [1.82, 2.24) is 9.80 Å². The molecular weight excluding hydrogens is 216 g/mol. The Bertz CT molecular complexity index is 202. The lowest BCUT2D eigenvalue weighted by Crippen LogP contribution is -2.50. The molecule has 1 fully saturated rings. The van der Waals surface area contributed by atoms with E-state index in [9.17, 15) is 5.11 Å². The topological polar surface area (TPSA) is 35.9 Å². The number of aliphatic hydroxyl groups is 1. The van der Waals surface area contributed by atoms with Gasteiger partial charge in [-0.2, -0.15) is 0 Å². The van der Waals surface area contributed by atoms with Gasteiger partial charge >= 0.3 is 0 Å². The van der Waals surface area contributed by atoms with Crippen molar-refractivity contribution < 1.29 is 9.84 Å². The van der Waals surface area contributed by atoms with Crippen molar-refractivity contribution in [2.45, 2.75) is 45.9 Å². The summed E-state index contributed by atoms with van der Waals surface area (Å²) >= 11 is 0. The van der Waals surface area contributed by atoms with Gasteiger partial charge in [0.15, 0.2) is 0 Å². The lowest BCUT2D eigenvalue weighted by molar-refractivity contribution is -0.0159. The predicted octanol–water partition coefficient (Wildman–Crippen LogP) is 0.798. The highest BCUT2D eigenvalue weighted by atomic mass is 16.5. The van der Waals surface area contributed by atoms with Crippen molar-refractivity contribution >= 4 is 0 Å². The Kier molecular flexibility index (Phi) is 6.41. The van der Waals surface area contributed by atoms with Gasteiger partial charge in [-0.05, 0) is 27.7 Å². The summed E-state index contributed by atoms with van der Waals surface area (Å²) in [5.41, 5.74) is 0. The zero-order valence-electron chi connectivity index (χ0n) is 11.7. The lowest BCUT2D eigenvalue weighted by atomic mass is 10.2. The summed E-state index contributed by atoms with van der Waals surface area (Å²) in [5, 5.41) is 9.85. The fourth-order valence-electron chi connectivity index (χ4n) is 2.12. The Balaban J connectivity index is 2.17. The van der Waals surface area contributed by atoms with E-state index < -0.39 is 0 Å². The molecule has 1 atom stereocenters. The first-order chi connectivity index (χ1) is 7.99. The largest absolute Gasteiger partial charge is 0.389 e. The van der Waals surface area contributed by atoms with Crippen LogP contribution in [0, 0.1) is 0 Å². The number of aliphatic hydroxyl groups excluding tert-OH is 1. The molecule has 0 spiro atoms. The highest BCUT2D eigenvalue weighted by Gasteiger charge is 2.20. The summed E-state index contributed by atoms with van der Waals surface area (Å²) in [4.78, 5) is 4.81. The van der Waals surface area contributed by atoms with Crippen LogP contribution in [-0.2, 0) is 4.74 Å². The molecule has 4 nitrogen and oxygen atoms in total. The van der Waals surface area contributed by atoms with Crippen LogP contribution in [0.3, 0.4) is 0 Å². The molecule has 0 bridgehead atoms. The van der Waals surface area contributed by atoms with E-state index in [1.807, 2.05) is 13.8 Å². The number of rotatable bonds is 6. The Labute approximate surface area is 106 Å². The predicted molar refractivity (Wildman–Crippen MR) is 70.2 cm³/mol. The molecule has 0 saturated carbocycles. The van der Waals surface area contributed by atoms with Gasteiger partial charge in [0.25, 0.3) is 0 Å². The molecule has 1 heterocycles. The highest BCUT2D eigenvalue weighted by molar-refractivity contribution is 4.75. The number of ether oxygens (including phenoxy) is 1. The van der Waals surface area contributed by atoms with Crippen LogP contribution in [0.5, 0.6) is 0 Å². The number of β-amino-alcohol motifs (C(OH)–C–C–N with tert-alkyl or cyclic N) is 1. The van der Waals surface area contributed by atoms with E-state index in [1.165, 1.54) is 0 Å². The summed E-state index contributed by atoms with van der Waals surface area (Å²) in [5.74, 6) is 0. The molecule has 0 aliphatic carbocycles. The van der Waals surface area contributed by atoms with E-state index in [0.717, 1.165) is 32.7 Å². The molecule has 17 heavy (non-hydrogen) atoms. The zero-order chi connectivity index (χ0) is 12.8. The number of nitrogens with zero attached hydrogens (tertiary/aromatic N) is 2. The van der Waals surface area contributed by atoms with Gasteiger partial charge in [-0.1, -0.05) is 0 Å². The van der Waals surface area contributed by atoms with Gasteiger partial charge in [0, 0.05) is 38.8 Å². The summed E-state index contributed by atoms with van der Waals surface area (Å²) in [6.07, 6.45) is -0.162. The van der Waals surface area contributed by atoms with Crippen molar-refractivity contribution in [2.24, 2.45) is 0 Å². The molecule has 1 unspecified atom stereocenters. The van der Waals surface area contributed by atoms with E-state index in [4.69, 9.17) is 4.74 Å². The van der Waals surface area contributed by atoms with Crippen molar-refractivity contribution in [3.63, 3.8) is 0 Å². The molecule has 0 aromatic carbocycles. The molecule has 4 heteroatoms. The van der Waals surface area contributed by atoms with Crippen LogP contribution in [0.2, 0.25) is 0 Å². The minimum atomic E-state index is -0.358. The van der Waals surface area contributed by atoms with Crippen LogP contribution in [0.1, 0.15) is 27.7 Å². The first-order valence-electron chi connectivity index (χ1n) is 6.75. The molecule has 0 aromatic heterocycles. The average Bonchev–Trinajstić information content (AvgIpc) is 2.27. The van der Waals surface area contributed by atoms with E-state index in [2.05, 4.69) is 23.6 Å². The maximum absolute atomic E-state index is 9.85. The zero-order valence-corrected chi connectivity index (χ0v) is 11.7. The second-order valence-electron chi connectivity index (χ2n) is 5.47. The lowest BCUT2D eigenvalue weighted by Gasteiger charge is -2.37. The third-order valence-electron chi connectivity index (χ3n) is 3.23. The molecule has 0 amide bonds. The highest BCUT2D eigenvalue weighted by Crippen LogP contribution is 2.06. The molecule has 1 rings (SSSR count). The van der Waals surface area contributed by atoms with E-state index in [-0.39, 0.29) is 12.2 Å². The third-order valence-corrected chi connectivity index (χ3v) is 3.23. The molecular formula is C13H28N2O2. The van der Waals surface area contributed by atoms with Crippen molar-refractivity contribution in [3.8, 4) is 0 Å². The van der Waals surface area contributed by atoms with E-state index in [0.29, 0.717) is 12.6 Å². The Morgan fingerprint density at radius 2 is 1.65 bits per heavy atom. The fourth-order valence-corrected chi connectivity index (χ4v) is 2.12. The van der Waals surface area contributed by atoms with Crippen molar-refractivity contribution in [2.75, 3.05) is 39.3 Å². The summed E-state index contributed by atoms with van der Waals surface area (Å²) in [6, 6.07) is 0.631. The molecule has 0 radical (unpaired) electrons. The standard InChI is InChI=1S/C13H28N2O2/c1-11(2)15-7-5-14(6-8-15)9-13(16)10-17-12(3)4/h11-13,16H,5-10H2,1-4H3. The minimum absolute atomic E-state index is 0.197. The van der Waals surface area contributed by atoms with E-state index in [1.54, 1.807) is 0 Å². The van der Waals surface area contributed by atoms with E-state index >= 15 is 0 Å². The van der Waals surface area contributed by atoms with Gasteiger partial charge < -0.3 is 9.84 Å². The maximum atomic E-state index is 9.85. The number of piperazine rings is 1. The average molecular weight is 244 g/mol. The maximum Gasteiger partial charge on any atom is 0.0900 e. The third kappa shape index (κ3) is 5.82. The molecule has 1 saturated heterocycles. The second-order valence-corrected chi connectivity index (χ2v) is 5.47. The first kappa shape index (κ1) is 14.9. The van der Waals surface area contributed by atoms with Gasteiger partial charge in [0.1, 0.15) is 0 Å². The Hall–Kier alpha value is -0.160. The monoisotopic (exact) mass is 244 g/mol. The van der Waals surface area contributed by atoms with Crippen molar-refractivity contribution in [3.05, 3.63) is 0 Å². The fraction of sp³-hybridized carbons (Fsp3) is 1.00. The Morgan fingerprint density at radius 1 is 1.06 bits per heavy atom. The summed E-state index contributed by atoms with van der Waals surface area (Å²) in [6.45, 7) is 14.0. The van der Waals surface area contributed by atoms with Gasteiger partial charge in [-0.3, -0.25) is 9.80 Å². The van der Waals surface area contributed by atoms with Crippen LogP contribution in [0.15, 0.2) is 0 Å². The van der Waals surface area contributed by atoms with Crippen LogP contribution >= 0.6 is 0 Å². The van der Waals surface area contributed by atoms with Gasteiger partial charge in [-0.15, -0.1) is 0 Å². The van der Waals surface area contributed by atoms with Gasteiger partial charge in [0.05, 0.1) is 18.8 Å². The van der Waals surface area contributed by atoms with Crippen LogP contribution < -0.4 is 0 Å². The van der Waals surface area contributed by atoms with Crippen LogP contribution in [-0.4, -0.2) is 72.5 Å². The Morgan fingerprint density at radius 3 is 2.12 bits per heavy atom.